The summed E-state index contributed by atoms with van der Waals surface area (Å²) < 4.78 is 26.8. The summed E-state index contributed by atoms with van der Waals surface area (Å²) in [5.41, 5.74) is 1.53. The Hall–Kier alpha value is -3.65. The predicted molar refractivity (Wildman–Crippen MR) is 130 cm³/mol. The van der Waals surface area contributed by atoms with Gasteiger partial charge in [0.15, 0.2) is 0 Å². The maximum absolute atomic E-state index is 12.8. The molecule has 7 nitrogen and oxygen atoms in total. The topological polar surface area (TPSA) is 95.6 Å². The normalized spacial score (nSPS) is 11.2. The van der Waals surface area contributed by atoms with E-state index in [0.29, 0.717) is 35.0 Å². The highest BCUT2D eigenvalue weighted by atomic mass is 32.2. The van der Waals surface area contributed by atoms with Gasteiger partial charge in [0.05, 0.1) is 21.8 Å². The molecule has 2 amide bonds. The van der Waals surface area contributed by atoms with Crippen LogP contribution in [0.15, 0.2) is 83.8 Å². The minimum Gasteiger partial charge on any atom is -0.352 e. The largest absolute Gasteiger partial charge is 0.352 e. The minimum atomic E-state index is -3.71. The van der Waals surface area contributed by atoms with Gasteiger partial charge in [-0.25, -0.2) is 8.42 Å². The smallest absolute Gasteiger partial charge is 0.264 e. The summed E-state index contributed by atoms with van der Waals surface area (Å²) in [7, 11) is -2.25. The van der Waals surface area contributed by atoms with Crippen LogP contribution in [0.2, 0.25) is 0 Å². The molecule has 33 heavy (non-hydrogen) atoms. The van der Waals surface area contributed by atoms with Crippen molar-refractivity contribution >= 4 is 33.2 Å². The zero-order valence-corrected chi connectivity index (χ0v) is 19.6. The number of nitrogens with one attached hydrogen (secondary N) is 2. The molecule has 0 heterocycles. The number of hydrogen-bond donors (Lipinski definition) is 2. The Morgan fingerprint density at radius 2 is 1.45 bits per heavy atom. The third-order valence-corrected chi connectivity index (χ3v) is 6.79. The Kier molecular flexibility index (Phi) is 7.50. The van der Waals surface area contributed by atoms with E-state index in [1.54, 1.807) is 66.7 Å². The van der Waals surface area contributed by atoms with Crippen LogP contribution < -0.4 is 14.9 Å². The third kappa shape index (κ3) is 5.78. The molecule has 0 radical (unpaired) electrons. The molecular weight excluding hydrogens is 438 g/mol. The van der Waals surface area contributed by atoms with Crippen molar-refractivity contribution in [1.29, 1.82) is 0 Å². The Bertz CT molecular complexity index is 1220. The van der Waals surface area contributed by atoms with Crippen molar-refractivity contribution in [2.75, 3.05) is 23.2 Å². The average molecular weight is 466 g/mol. The summed E-state index contributed by atoms with van der Waals surface area (Å²) in [5, 5.41) is 5.62. The van der Waals surface area contributed by atoms with Crippen LogP contribution in [0.5, 0.6) is 0 Å². The van der Waals surface area contributed by atoms with Gasteiger partial charge in [-0.05, 0) is 54.4 Å². The monoisotopic (exact) mass is 465 g/mol. The summed E-state index contributed by atoms with van der Waals surface area (Å²) in [6.07, 6.45) is 0. The second-order valence-corrected chi connectivity index (χ2v) is 9.91. The fraction of sp³-hybridized carbons (Fsp3) is 0.200. The summed E-state index contributed by atoms with van der Waals surface area (Å²) in [6.45, 7) is 4.53. The van der Waals surface area contributed by atoms with E-state index in [1.165, 1.54) is 23.5 Å². The maximum Gasteiger partial charge on any atom is 0.264 e. The van der Waals surface area contributed by atoms with E-state index in [2.05, 4.69) is 10.6 Å². The fourth-order valence-electron chi connectivity index (χ4n) is 3.09. The molecule has 0 saturated carbocycles. The van der Waals surface area contributed by atoms with Gasteiger partial charge in [0.25, 0.3) is 21.8 Å². The summed E-state index contributed by atoms with van der Waals surface area (Å²) in [5.74, 6) is -0.361. The molecule has 0 bridgehead atoms. The standard InChI is InChI=1S/C25H27N3O4S/c1-18(2)17-26-25(30)22-11-7-8-12-23(22)27-24(29)19-13-15-20(16-14-19)28(3)33(31,32)21-9-5-4-6-10-21/h4-16,18H,17H2,1-3H3,(H,26,30)(H,27,29). The fourth-order valence-corrected chi connectivity index (χ4v) is 4.31. The number of carbonyl (C=O) groups excluding carboxylic acids is 2. The average Bonchev–Trinajstić information content (AvgIpc) is 2.83. The van der Waals surface area contributed by atoms with Crippen molar-refractivity contribution in [3.63, 3.8) is 0 Å². The Morgan fingerprint density at radius 3 is 2.09 bits per heavy atom. The molecule has 0 spiro atoms. The van der Waals surface area contributed by atoms with Crippen LogP contribution in [0.1, 0.15) is 34.6 Å². The Labute approximate surface area is 194 Å². The van der Waals surface area contributed by atoms with Gasteiger partial charge in [0.2, 0.25) is 0 Å². The van der Waals surface area contributed by atoms with E-state index in [9.17, 15) is 18.0 Å². The molecule has 0 saturated heterocycles. The number of para-hydroxylation sites is 1. The zero-order chi connectivity index (χ0) is 24.0. The lowest BCUT2D eigenvalue weighted by molar-refractivity contribution is 0.0950. The van der Waals surface area contributed by atoms with Crippen LogP contribution in [0.25, 0.3) is 0 Å². The summed E-state index contributed by atoms with van der Waals surface area (Å²) in [4.78, 5) is 25.5. The van der Waals surface area contributed by atoms with E-state index in [-0.39, 0.29) is 10.8 Å². The molecule has 0 aliphatic carbocycles. The van der Waals surface area contributed by atoms with Gasteiger partial charge in [-0.2, -0.15) is 0 Å². The molecule has 0 atom stereocenters. The van der Waals surface area contributed by atoms with Gasteiger partial charge < -0.3 is 10.6 Å². The van der Waals surface area contributed by atoms with E-state index >= 15 is 0 Å². The highest BCUT2D eigenvalue weighted by Gasteiger charge is 2.21. The lowest BCUT2D eigenvalue weighted by atomic mass is 10.1. The molecule has 0 aromatic heterocycles. The molecule has 3 aromatic rings. The predicted octanol–water partition coefficient (Wildman–Crippen LogP) is 4.15. The first-order valence-corrected chi connectivity index (χ1v) is 12.0. The quantitative estimate of drug-likeness (QED) is 0.522. The molecule has 2 N–H and O–H groups in total. The molecule has 172 valence electrons. The van der Waals surface area contributed by atoms with E-state index in [0.717, 1.165) is 0 Å². The number of amides is 2. The highest BCUT2D eigenvalue weighted by Crippen LogP contribution is 2.23. The second-order valence-electron chi connectivity index (χ2n) is 7.94. The van der Waals surface area contributed by atoms with E-state index in [4.69, 9.17) is 0 Å². The summed E-state index contributed by atoms with van der Waals surface area (Å²) >= 11 is 0. The Balaban J connectivity index is 1.75. The van der Waals surface area contributed by atoms with Gasteiger partial charge in [0, 0.05) is 19.2 Å². The van der Waals surface area contributed by atoms with Gasteiger partial charge in [0.1, 0.15) is 0 Å². The molecule has 8 heteroatoms. The van der Waals surface area contributed by atoms with Gasteiger partial charge >= 0.3 is 0 Å². The van der Waals surface area contributed by atoms with Crippen molar-refractivity contribution in [1.82, 2.24) is 5.32 Å². The second kappa shape index (κ2) is 10.3. The van der Waals surface area contributed by atoms with Crippen molar-refractivity contribution in [3.05, 3.63) is 90.0 Å². The Morgan fingerprint density at radius 1 is 0.848 bits per heavy atom. The molecule has 3 aromatic carbocycles. The summed E-state index contributed by atoms with van der Waals surface area (Å²) in [6, 6.07) is 21.1. The molecule has 0 aliphatic rings. The van der Waals surface area contributed by atoms with Gasteiger partial charge in [-0.3, -0.25) is 13.9 Å². The molecule has 0 aliphatic heterocycles. The van der Waals surface area contributed by atoms with Gasteiger partial charge in [-0.15, -0.1) is 0 Å². The minimum absolute atomic E-state index is 0.182. The SMILES string of the molecule is CC(C)CNC(=O)c1ccccc1NC(=O)c1ccc(N(C)S(=O)(=O)c2ccccc2)cc1. The molecule has 0 fully saturated rings. The number of anilines is 2. The number of hydrogen-bond acceptors (Lipinski definition) is 4. The van der Waals surface area contributed by atoms with Crippen molar-refractivity contribution in [3.8, 4) is 0 Å². The van der Waals surface area contributed by atoms with Crippen molar-refractivity contribution in [2.45, 2.75) is 18.7 Å². The van der Waals surface area contributed by atoms with Crippen LogP contribution in [0, 0.1) is 5.92 Å². The van der Waals surface area contributed by atoms with Crippen LogP contribution >= 0.6 is 0 Å². The number of benzene rings is 3. The molecule has 3 rings (SSSR count). The molecule has 0 unspecified atom stereocenters. The third-order valence-electron chi connectivity index (χ3n) is 4.99. The lowest BCUT2D eigenvalue weighted by Gasteiger charge is -2.19. The first kappa shape index (κ1) is 24.0. The molecular formula is C25H27N3O4S. The number of sulfonamides is 1. The highest BCUT2D eigenvalue weighted by molar-refractivity contribution is 7.92. The van der Waals surface area contributed by atoms with Crippen LogP contribution in [-0.2, 0) is 10.0 Å². The van der Waals surface area contributed by atoms with Crippen LogP contribution in [-0.4, -0.2) is 33.8 Å². The number of carbonyl (C=O) groups is 2. The van der Waals surface area contributed by atoms with Gasteiger partial charge in [-0.1, -0.05) is 44.2 Å². The first-order valence-electron chi connectivity index (χ1n) is 10.5. The van der Waals surface area contributed by atoms with Crippen molar-refractivity contribution < 1.29 is 18.0 Å². The number of rotatable bonds is 8. The van der Waals surface area contributed by atoms with E-state index < -0.39 is 15.9 Å². The maximum atomic E-state index is 12.8. The van der Waals surface area contributed by atoms with Crippen molar-refractivity contribution in [2.24, 2.45) is 5.92 Å². The van der Waals surface area contributed by atoms with Crippen LogP contribution in [0.3, 0.4) is 0 Å². The number of nitrogens with zero attached hydrogens (tertiary/aromatic N) is 1. The van der Waals surface area contributed by atoms with Crippen LogP contribution in [0.4, 0.5) is 11.4 Å². The lowest BCUT2D eigenvalue weighted by Crippen LogP contribution is -2.28. The zero-order valence-electron chi connectivity index (χ0n) is 18.8. The first-order chi connectivity index (χ1) is 15.7. The van der Waals surface area contributed by atoms with E-state index in [1.807, 2.05) is 13.8 Å².